The Labute approximate surface area is 183 Å². The van der Waals surface area contributed by atoms with Crippen molar-refractivity contribution in [3.05, 3.63) is 85.5 Å². The van der Waals surface area contributed by atoms with Crippen LogP contribution in [-0.4, -0.2) is 38.8 Å². The summed E-state index contributed by atoms with van der Waals surface area (Å²) in [6, 6.07) is 9.80. The number of fused-ring (bicyclic) bond motifs is 1. The number of thiophene rings is 1. The summed E-state index contributed by atoms with van der Waals surface area (Å²) in [5, 5.41) is 2.08. The Morgan fingerprint density at radius 3 is 2.84 bits per heavy atom. The summed E-state index contributed by atoms with van der Waals surface area (Å²) in [6.07, 6.45) is 2.59. The molecule has 1 fully saturated rings. The van der Waals surface area contributed by atoms with Crippen LogP contribution in [0.5, 0.6) is 0 Å². The van der Waals surface area contributed by atoms with E-state index >= 15 is 0 Å². The van der Waals surface area contributed by atoms with E-state index in [4.69, 9.17) is 4.98 Å². The Kier molecular flexibility index (Phi) is 5.41. The highest BCUT2D eigenvalue weighted by molar-refractivity contribution is 7.09. The van der Waals surface area contributed by atoms with E-state index in [1.165, 1.54) is 29.1 Å². The monoisotopic (exact) mass is 438 g/mol. The molecule has 4 heterocycles. The molecule has 1 unspecified atom stereocenters. The first-order valence-electron chi connectivity index (χ1n) is 10.5. The number of aromatic nitrogens is 2. The van der Waals surface area contributed by atoms with E-state index in [0.29, 0.717) is 24.1 Å². The molecular weight excluding hydrogens is 415 g/mol. The molecule has 31 heavy (non-hydrogen) atoms. The second-order valence-corrected chi connectivity index (χ2v) is 9.10. The normalized spacial score (nSPS) is 18.9. The molecule has 1 amide bonds. The van der Waals surface area contributed by atoms with Crippen LogP contribution in [-0.2, 0) is 19.5 Å². The number of carbonyl (C=O) groups excluding carboxylic acids is 1. The van der Waals surface area contributed by atoms with E-state index in [2.05, 4.69) is 27.4 Å². The molecule has 8 heteroatoms. The Morgan fingerprint density at radius 2 is 2.06 bits per heavy atom. The number of hydrogen-bond acceptors (Lipinski definition) is 5. The number of H-pyrrole nitrogens is 1. The van der Waals surface area contributed by atoms with Gasteiger partial charge in [-0.05, 0) is 55.1 Å². The highest BCUT2D eigenvalue weighted by Gasteiger charge is 2.31. The molecule has 3 aromatic rings. The smallest absolute Gasteiger partial charge is 0.256 e. The van der Waals surface area contributed by atoms with Gasteiger partial charge in [0.25, 0.3) is 11.5 Å². The zero-order chi connectivity index (χ0) is 21.4. The zero-order valence-electron chi connectivity index (χ0n) is 17.0. The van der Waals surface area contributed by atoms with Gasteiger partial charge in [0.2, 0.25) is 0 Å². The topological polar surface area (TPSA) is 69.3 Å². The maximum Gasteiger partial charge on any atom is 0.256 e. The van der Waals surface area contributed by atoms with Crippen molar-refractivity contribution in [2.75, 3.05) is 13.1 Å². The number of benzene rings is 1. The van der Waals surface area contributed by atoms with Gasteiger partial charge in [-0.25, -0.2) is 9.37 Å². The number of halogens is 1. The van der Waals surface area contributed by atoms with Gasteiger partial charge >= 0.3 is 0 Å². The van der Waals surface area contributed by atoms with Gasteiger partial charge in [-0.15, -0.1) is 11.3 Å². The lowest BCUT2D eigenvalue weighted by Crippen LogP contribution is -2.40. The summed E-state index contributed by atoms with van der Waals surface area (Å²) in [7, 11) is 0. The molecule has 2 aliphatic rings. The third-order valence-corrected chi connectivity index (χ3v) is 6.94. The standard InChI is InChI=1S/C23H23FN4O2S/c24-16-7-5-15(6-8-16)23(30)28-11-9-19-18(14-28)22(29)26-21(25-19)20-4-1-10-27(20)13-17-3-2-12-31-17/h2-3,5-8,12,20H,1,4,9-11,13-14H2,(H,25,26,29). The summed E-state index contributed by atoms with van der Waals surface area (Å²) in [5.41, 5.74) is 1.58. The first-order chi connectivity index (χ1) is 15.1. The maximum atomic E-state index is 13.2. The van der Waals surface area contributed by atoms with Crippen molar-refractivity contribution in [2.45, 2.75) is 38.4 Å². The summed E-state index contributed by atoms with van der Waals surface area (Å²) >= 11 is 1.74. The second kappa shape index (κ2) is 8.36. The lowest BCUT2D eigenvalue weighted by atomic mass is 10.0. The average Bonchev–Trinajstić information content (AvgIpc) is 3.46. The number of hydrogen-bond donors (Lipinski definition) is 1. The number of rotatable bonds is 4. The van der Waals surface area contributed by atoms with Crippen molar-refractivity contribution >= 4 is 17.2 Å². The van der Waals surface area contributed by atoms with Crippen LogP contribution in [0, 0.1) is 5.82 Å². The minimum Gasteiger partial charge on any atom is -0.334 e. The number of carbonyl (C=O) groups is 1. The van der Waals surface area contributed by atoms with E-state index in [1.807, 2.05) is 0 Å². The Balaban J connectivity index is 1.36. The lowest BCUT2D eigenvalue weighted by molar-refractivity contribution is 0.0732. The Morgan fingerprint density at radius 1 is 1.23 bits per heavy atom. The van der Waals surface area contributed by atoms with Crippen molar-refractivity contribution in [1.82, 2.24) is 19.8 Å². The third-order valence-electron chi connectivity index (χ3n) is 6.08. The van der Waals surface area contributed by atoms with Gasteiger partial charge in [-0.1, -0.05) is 6.07 Å². The SMILES string of the molecule is O=C(c1ccc(F)cc1)N1CCc2nc(C3CCCN3Cc3cccs3)[nH]c(=O)c2C1. The molecule has 1 atom stereocenters. The van der Waals surface area contributed by atoms with E-state index in [9.17, 15) is 14.0 Å². The van der Waals surface area contributed by atoms with E-state index in [1.54, 1.807) is 16.2 Å². The van der Waals surface area contributed by atoms with Gasteiger partial charge in [0, 0.05) is 30.0 Å². The molecule has 5 rings (SSSR count). The third kappa shape index (κ3) is 4.05. The van der Waals surface area contributed by atoms with Crippen LogP contribution < -0.4 is 5.56 Å². The summed E-state index contributed by atoms with van der Waals surface area (Å²) in [5.74, 6) is 0.150. The molecule has 0 saturated carbocycles. The highest BCUT2D eigenvalue weighted by atomic mass is 32.1. The fourth-order valence-electron chi connectivity index (χ4n) is 4.48. The van der Waals surface area contributed by atoms with Crippen LogP contribution in [0.1, 0.15) is 51.2 Å². The molecule has 2 aliphatic heterocycles. The van der Waals surface area contributed by atoms with Crippen molar-refractivity contribution in [3.8, 4) is 0 Å². The summed E-state index contributed by atoms with van der Waals surface area (Å²) in [6.45, 7) is 2.56. The molecule has 2 aromatic heterocycles. The molecule has 0 spiro atoms. The quantitative estimate of drug-likeness (QED) is 0.677. The molecule has 1 saturated heterocycles. The van der Waals surface area contributed by atoms with Crippen LogP contribution >= 0.6 is 11.3 Å². The number of nitrogens with one attached hydrogen (secondary N) is 1. The van der Waals surface area contributed by atoms with Crippen LogP contribution in [0.15, 0.2) is 46.6 Å². The van der Waals surface area contributed by atoms with E-state index in [-0.39, 0.29) is 29.9 Å². The number of likely N-dealkylation sites (tertiary alicyclic amines) is 1. The Bertz CT molecular complexity index is 1140. The molecule has 0 aliphatic carbocycles. The zero-order valence-corrected chi connectivity index (χ0v) is 17.8. The minimum absolute atomic E-state index is 0.110. The van der Waals surface area contributed by atoms with Gasteiger partial charge in [0.15, 0.2) is 0 Å². The minimum atomic E-state index is -0.381. The predicted octanol–water partition coefficient (Wildman–Crippen LogP) is 3.51. The van der Waals surface area contributed by atoms with Crippen molar-refractivity contribution in [1.29, 1.82) is 0 Å². The molecule has 1 N–H and O–H groups in total. The molecule has 160 valence electrons. The molecule has 1 aromatic carbocycles. The van der Waals surface area contributed by atoms with Crippen LogP contribution in [0.2, 0.25) is 0 Å². The first-order valence-corrected chi connectivity index (χ1v) is 11.4. The fourth-order valence-corrected chi connectivity index (χ4v) is 5.21. The van der Waals surface area contributed by atoms with Crippen molar-refractivity contribution in [2.24, 2.45) is 0 Å². The first kappa shape index (κ1) is 20.1. The second-order valence-electron chi connectivity index (χ2n) is 8.07. The van der Waals surface area contributed by atoms with Gasteiger partial charge in [0.1, 0.15) is 11.6 Å². The van der Waals surface area contributed by atoms with E-state index in [0.717, 1.165) is 37.4 Å². The predicted molar refractivity (Wildman–Crippen MR) is 116 cm³/mol. The molecular formula is C23H23FN4O2S. The maximum absolute atomic E-state index is 13.2. The fraction of sp³-hybridized carbons (Fsp3) is 0.348. The summed E-state index contributed by atoms with van der Waals surface area (Å²) in [4.78, 5) is 38.8. The van der Waals surface area contributed by atoms with Crippen LogP contribution in [0.25, 0.3) is 0 Å². The van der Waals surface area contributed by atoms with Gasteiger partial charge < -0.3 is 9.88 Å². The summed E-state index contributed by atoms with van der Waals surface area (Å²) < 4.78 is 13.2. The van der Waals surface area contributed by atoms with Crippen molar-refractivity contribution < 1.29 is 9.18 Å². The van der Waals surface area contributed by atoms with Gasteiger partial charge in [-0.3, -0.25) is 14.5 Å². The van der Waals surface area contributed by atoms with Gasteiger partial charge in [0.05, 0.1) is 23.8 Å². The van der Waals surface area contributed by atoms with Crippen LogP contribution in [0.4, 0.5) is 4.39 Å². The van der Waals surface area contributed by atoms with Crippen molar-refractivity contribution in [3.63, 3.8) is 0 Å². The number of amides is 1. The molecule has 0 bridgehead atoms. The number of aromatic amines is 1. The van der Waals surface area contributed by atoms with E-state index < -0.39 is 0 Å². The molecule has 6 nitrogen and oxygen atoms in total. The lowest BCUT2D eigenvalue weighted by Gasteiger charge is -2.29. The largest absolute Gasteiger partial charge is 0.334 e. The number of nitrogens with zero attached hydrogens (tertiary/aromatic N) is 3. The Hall–Kier alpha value is -2.84. The van der Waals surface area contributed by atoms with Crippen LogP contribution in [0.3, 0.4) is 0 Å². The highest BCUT2D eigenvalue weighted by Crippen LogP contribution is 2.32. The molecule has 0 radical (unpaired) electrons. The average molecular weight is 439 g/mol. The van der Waals surface area contributed by atoms with Gasteiger partial charge in [-0.2, -0.15) is 0 Å².